The number of aliphatic hydroxyl groups is 2. The van der Waals surface area contributed by atoms with Crippen LogP contribution in [0.5, 0.6) is 0 Å². The molecule has 364 valence electrons. The summed E-state index contributed by atoms with van der Waals surface area (Å²) in [7, 11) is -34.2. The Morgan fingerprint density at radius 2 is 1.17 bits per heavy atom. The molecule has 0 radical (unpaired) electrons. The Morgan fingerprint density at radius 3 is 1.58 bits per heavy atom. The van der Waals surface area contributed by atoms with Crippen LogP contribution in [0, 0.1) is 6.92 Å². The van der Waals surface area contributed by atoms with Crippen molar-refractivity contribution in [2.75, 3.05) is 31.4 Å². The molecule has 0 amide bonds. The number of hydrogen-bond donors (Lipinski definition) is 11. The Hall–Kier alpha value is -2.32. The average molecular weight is 1070 g/mol. The van der Waals surface area contributed by atoms with E-state index in [0.717, 1.165) is 18.5 Å². The van der Waals surface area contributed by atoms with Crippen LogP contribution in [0.25, 0.3) is 10.4 Å². The van der Waals surface area contributed by atoms with Crippen LogP contribution in [0.3, 0.4) is 0 Å². The van der Waals surface area contributed by atoms with Gasteiger partial charge in [0, 0.05) is 23.0 Å². The van der Waals surface area contributed by atoms with Gasteiger partial charge in [0.25, 0.3) is 0 Å². The normalized spacial score (nSPS) is 29.8. The van der Waals surface area contributed by atoms with Crippen LogP contribution in [0.1, 0.15) is 18.1 Å². The number of nitrogens with two attached hydrogens (primary N) is 1. The quantitative estimate of drug-likeness (QED) is 0.0279. The van der Waals surface area contributed by atoms with E-state index in [1.54, 1.807) is 0 Å². The lowest BCUT2D eigenvalue weighted by atomic mass is 9.97. The van der Waals surface area contributed by atoms with Crippen LogP contribution >= 0.6 is 58.5 Å². The molecule has 12 N–H and O–H groups in total. The number of hydrogen-bond acceptors (Lipinski definition) is 22. The van der Waals surface area contributed by atoms with Crippen molar-refractivity contribution < 1.29 is 121 Å². The number of halogens is 3. The molecule has 0 saturated carbocycles. The van der Waals surface area contributed by atoms with Gasteiger partial charge in [-0.1, -0.05) is 5.11 Å². The molecule has 34 nitrogen and oxygen atoms in total. The van der Waals surface area contributed by atoms with Crippen LogP contribution in [-0.4, -0.2) is 130 Å². The summed E-state index contributed by atoms with van der Waals surface area (Å²) < 4.78 is 132. The van der Waals surface area contributed by atoms with E-state index in [4.69, 9.17) is 56.8 Å². The first kappa shape index (κ1) is 56.0. The summed E-state index contributed by atoms with van der Waals surface area (Å²) in [4.78, 5) is 105. The van der Waals surface area contributed by atoms with Crippen LogP contribution in [0.15, 0.2) is 39.2 Å². The molecule has 2 fully saturated rings. The summed E-state index contributed by atoms with van der Waals surface area (Å²) in [6.45, 7) is -2.03. The van der Waals surface area contributed by atoms with Gasteiger partial charge in [-0.15, -0.1) is 11.6 Å². The molecule has 0 aromatic carbocycles. The number of aryl methyl sites for hydroxylation is 1. The molecule has 43 heteroatoms. The number of rotatable bonds is 19. The second-order valence-electron chi connectivity index (χ2n) is 12.5. The first-order valence-electron chi connectivity index (χ1n) is 16.1. The van der Waals surface area contributed by atoms with Gasteiger partial charge in [0.05, 0.1) is 25.6 Å². The average Bonchev–Trinajstić information content (AvgIpc) is 3.51. The minimum atomic E-state index is -5.85. The van der Waals surface area contributed by atoms with E-state index in [2.05, 4.69) is 46.3 Å². The third kappa shape index (κ3) is 15.4. The topological polar surface area (TPSA) is 523 Å². The molecule has 64 heavy (non-hydrogen) atoms. The summed E-state index contributed by atoms with van der Waals surface area (Å²) in [5.41, 5.74) is 7.43. The molecule has 2 aromatic heterocycles. The third-order valence-corrected chi connectivity index (χ3v) is 15.7. The number of phosphoric acid groups is 6. The molecule has 0 aliphatic carbocycles. The van der Waals surface area contributed by atoms with Gasteiger partial charge >= 0.3 is 58.3 Å². The van der Waals surface area contributed by atoms with Crippen LogP contribution in [-0.2, 0) is 63.2 Å². The van der Waals surface area contributed by atoms with Crippen molar-refractivity contribution in [1.82, 2.24) is 19.1 Å². The predicted octanol–water partition coefficient (Wildman–Crippen LogP) is -0.454. The highest BCUT2D eigenvalue weighted by Crippen LogP contribution is 2.67. The first-order valence-corrected chi connectivity index (χ1v) is 25.6. The SMILES string of the molecule is Cc1ccn([C@@H]2O[C@](CN=[N+]=[N-])(COP(=O)(O)OP(=O)(O)OP(=O)(O)O)[C@@H](O)[C@H]2F)c(=O)n1.Nc1ccn([C@@H]2O[C@](CCl)(COP(=O)(O)OP(=O)(O)OP(=O)(O)O)[C@@H](O)[C@H]2F)c(=O)n1. The van der Waals surface area contributed by atoms with E-state index in [1.807, 2.05) is 0 Å². The van der Waals surface area contributed by atoms with E-state index in [1.165, 1.54) is 13.0 Å². The number of phosphoric ester groups is 2. The first-order chi connectivity index (χ1) is 29.0. The molecular formula is C21H33ClF2N8O26P6. The zero-order chi connectivity index (χ0) is 49.1. The van der Waals surface area contributed by atoms with Crippen molar-refractivity contribution in [3.8, 4) is 0 Å². The maximum absolute atomic E-state index is 14.8. The fourth-order valence-electron chi connectivity index (χ4n) is 5.08. The number of aliphatic hydroxyl groups excluding tert-OH is 2. The second kappa shape index (κ2) is 20.9. The molecule has 2 saturated heterocycles. The van der Waals surface area contributed by atoms with Gasteiger partial charge in [0.15, 0.2) is 24.8 Å². The van der Waals surface area contributed by atoms with Gasteiger partial charge < -0.3 is 64.6 Å². The number of aromatic nitrogens is 4. The van der Waals surface area contributed by atoms with E-state index in [0.29, 0.717) is 9.13 Å². The maximum Gasteiger partial charge on any atom is 0.490 e. The van der Waals surface area contributed by atoms with Gasteiger partial charge in [-0.3, -0.25) is 18.2 Å². The highest BCUT2D eigenvalue weighted by molar-refractivity contribution is 7.67. The minimum Gasteiger partial charge on any atom is -0.387 e. The standard InChI is InChI=1S/C11H17FN5O13P3.C10H16ClFN3O13P3/c1-6-2-3-17(10(19)15-6)9-7(12)8(18)11(28-9,4-14-16-13)5-27-32(23,24)30-33(25,26)29-31(20,21)22;11-3-10(4-25-30(21,22)28-31(23,24)27-29(18,19)20)7(16)6(12)8(26-10)15-2-1-5(13)14-9(15)17/h2-3,7-9,18H,4-5H2,1H3,(H,23,24)(H,25,26)(H2,20,21,22);1-2,6-8,16H,3-4H2,(H,21,22)(H,23,24)(H2,13,14,17)(H2,18,19,20)/t7-,8+,9-,11-;6-,7+,8-,10-/m11/s1. The summed E-state index contributed by atoms with van der Waals surface area (Å²) in [6, 6.07) is 2.43. The van der Waals surface area contributed by atoms with E-state index < -0.39 is 132 Å². The van der Waals surface area contributed by atoms with Crippen LogP contribution in [0.4, 0.5) is 14.6 Å². The van der Waals surface area contributed by atoms with Crippen molar-refractivity contribution >= 4 is 64.4 Å². The second-order valence-corrected chi connectivity index (χ2v) is 21.6. The fraction of sp³-hybridized carbons (Fsp3) is 0.619. The molecule has 0 spiro atoms. The molecule has 4 rings (SSSR count). The molecule has 12 atom stereocenters. The smallest absolute Gasteiger partial charge is 0.387 e. The number of azide groups is 1. The van der Waals surface area contributed by atoms with E-state index >= 15 is 0 Å². The maximum atomic E-state index is 14.8. The van der Waals surface area contributed by atoms with Gasteiger partial charge in [-0.2, -0.15) is 27.2 Å². The lowest BCUT2D eigenvalue weighted by molar-refractivity contribution is -0.120. The number of alkyl halides is 3. The minimum absolute atomic E-state index is 0.188. The molecule has 2 aliphatic heterocycles. The van der Waals surface area contributed by atoms with Gasteiger partial charge in [0.1, 0.15) is 29.2 Å². The van der Waals surface area contributed by atoms with E-state index in [9.17, 15) is 70.7 Å². The summed E-state index contributed by atoms with van der Waals surface area (Å²) in [5.74, 6) is -0.968. The molecule has 4 heterocycles. The van der Waals surface area contributed by atoms with Crippen molar-refractivity contribution in [1.29, 1.82) is 0 Å². The fourth-order valence-corrected chi connectivity index (χ4v) is 11.5. The van der Waals surface area contributed by atoms with Crippen molar-refractivity contribution in [3.63, 3.8) is 0 Å². The Kier molecular flexibility index (Phi) is 18.3. The zero-order valence-corrected chi connectivity index (χ0v) is 37.3. The third-order valence-electron chi connectivity index (χ3n) is 7.71. The summed E-state index contributed by atoms with van der Waals surface area (Å²) in [6.07, 6.45) is -10.7. The molecular weight excluding hydrogens is 1040 g/mol. The highest BCUT2D eigenvalue weighted by Gasteiger charge is 2.59. The molecule has 2 aliphatic rings. The lowest BCUT2D eigenvalue weighted by Gasteiger charge is -2.30. The van der Waals surface area contributed by atoms with Gasteiger partial charge in [0.2, 0.25) is 0 Å². The zero-order valence-electron chi connectivity index (χ0n) is 31.1. The predicted molar refractivity (Wildman–Crippen MR) is 198 cm³/mol. The van der Waals surface area contributed by atoms with Crippen molar-refractivity contribution in [3.05, 3.63) is 61.6 Å². The largest absolute Gasteiger partial charge is 0.490 e. The molecule has 2 aromatic rings. The summed E-state index contributed by atoms with van der Waals surface area (Å²) in [5, 5.41) is 23.7. The summed E-state index contributed by atoms with van der Waals surface area (Å²) >= 11 is 5.69. The molecule has 0 bridgehead atoms. The monoisotopic (exact) mass is 1070 g/mol. The Balaban J connectivity index is 0.000000341. The lowest BCUT2D eigenvalue weighted by Crippen LogP contribution is -2.48. The van der Waals surface area contributed by atoms with Crippen molar-refractivity contribution in [2.24, 2.45) is 5.11 Å². The number of nitrogens with zero attached hydrogens (tertiary/aromatic N) is 7. The van der Waals surface area contributed by atoms with Crippen LogP contribution in [0.2, 0.25) is 0 Å². The number of nitrogen functional groups attached to an aromatic ring is 1. The van der Waals surface area contributed by atoms with Crippen molar-refractivity contribution in [2.45, 2.75) is 55.1 Å². The van der Waals surface area contributed by atoms with Crippen LogP contribution < -0.4 is 17.1 Å². The number of ether oxygens (including phenoxy) is 2. The number of anilines is 1. The Labute approximate surface area is 357 Å². The van der Waals surface area contributed by atoms with Gasteiger partial charge in [-0.25, -0.2) is 45.8 Å². The molecule has 4 unspecified atom stereocenters. The van der Waals surface area contributed by atoms with E-state index in [-0.39, 0.29) is 11.5 Å². The Morgan fingerprint density at radius 1 is 0.766 bits per heavy atom. The Bertz CT molecular complexity index is 2490. The highest BCUT2D eigenvalue weighted by atomic mass is 35.5. The van der Waals surface area contributed by atoms with Gasteiger partial charge in [-0.05, 0) is 24.6 Å².